The molecule has 2 aromatic rings. The largest absolute Gasteiger partial charge is 0.497 e. The number of hydrogen-bond acceptors (Lipinski definition) is 4. The Hall–Kier alpha value is -2.75. The van der Waals surface area contributed by atoms with E-state index < -0.39 is 0 Å². The van der Waals surface area contributed by atoms with E-state index in [9.17, 15) is 4.79 Å². The molecule has 0 N–H and O–H groups in total. The molecule has 0 amide bonds. The van der Waals surface area contributed by atoms with Crippen molar-refractivity contribution in [1.82, 2.24) is 0 Å². The molecule has 0 fully saturated rings. The summed E-state index contributed by atoms with van der Waals surface area (Å²) in [4.78, 5) is 10.9. The second kappa shape index (κ2) is 9.40. The van der Waals surface area contributed by atoms with Crippen LogP contribution in [0.1, 0.15) is 12.8 Å². The van der Waals surface area contributed by atoms with Crippen molar-refractivity contribution < 1.29 is 19.0 Å². The molecule has 4 nitrogen and oxygen atoms in total. The molecule has 0 radical (unpaired) electrons. The molecule has 0 saturated heterocycles. The number of unbranched alkanes of at least 4 members (excludes halogenated alkanes) is 1. The van der Waals surface area contributed by atoms with Gasteiger partial charge < -0.3 is 14.2 Å². The number of methoxy groups -OCH3 is 1. The fraction of sp³-hybridized carbons (Fsp3) is 0.250. The summed E-state index contributed by atoms with van der Waals surface area (Å²) < 4.78 is 15.8. The maximum Gasteiger partial charge on any atom is 0.330 e. The van der Waals surface area contributed by atoms with E-state index in [2.05, 4.69) is 6.58 Å². The monoisotopic (exact) mass is 326 g/mol. The SMILES string of the molecule is C=CC(=O)OCCCCOc1ccc(-c2ccc(OC)cc2)cc1. The number of esters is 1. The number of rotatable bonds is 9. The highest BCUT2D eigenvalue weighted by Crippen LogP contribution is 2.24. The van der Waals surface area contributed by atoms with Crippen molar-refractivity contribution in [2.75, 3.05) is 20.3 Å². The van der Waals surface area contributed by atoms with Crippen LogP contribution in [0.25, 0.3) is 11.1 Å². The average molecular weight is 326 g/mol. The van der Waals surface area contributed by atoms with Gasteiger partial charge >= 0.3 is 5.97 Å². The lowest BCUT2D eigenvalue weighted by Gasteiger charge is -2.08. The number of ether oxygens (including phenoxy) is 3. The van der Waals surface area contributed by atoms with E-state index in [1.54, 1.807) is 7.11 Å². The molecule has 0 aliphatic heterocycles. The minimum Gasteiger partial charge on any atom is -0.497 e. The maximum absolute atomic E-state index is 10.9. The minimum atomic E-state index is -0.384. The molecule has 0 spiro atoms. The van der Waals surface area contributed by atoms with Crippen LogP contribution in [0.4, 0.5) is 0 Å². The lowest BCUT2D eigenvalue weighted by atomic mass is 10.1. The first kappa shape index (κ1) is 17.6. The minimum absolute atomic E-state index is 0.384. The van der Waals surface area contributed by atoms with Gasteiger partial charge in [0.1, 0.15) is 11.5 Å². The molecular formula is C20H22O4. The number of carbonyl (C=O) groups is 1. The first-order chi connectivity index (χ1) is 11.7. The Kier molecular flexibility index (Phi) is 6.90. The van der Waals surface area contributed by atoms with Crippen LogP contribution in [0.3, 0.4) is 0 Å². The Morgan fingerprint density at radius 3 is 2.00 bits per heavy atom. The summed E-state index contributed by atoms with van der Waals surface area (Å²) in [7, 11) is 1.66. The van der Waals surface area contributed by atoms with Crippen molar-refractivity contribution >= 4 is 5.97 Å². The Morgan fingerprint density at radius 1 is 0.917 bits per heavy atom. The highest BCUT2D eigenvalue weighted by Gasteiger charge is 2.00. The zero-order chi connectivity index (χ0) is 17.2. The maximum atomic E-state index is 10.9. The zero-order valence-corrected chi connectivity index (χ0v) is 13.9. The highest BCUT2D eigenvalue weighted by molar-refractivity contribution is 5.81. The third-order valence-electron chi connectivity index (χ3n) is 3.50. The normalized spacial score (nSPS) is 10.0. The molecule has 2 rings (SSSR count). The smallest absolute Gasteiger partial charge is 0.330 e. The summed E-state index contributed by atoms with van der Waals surface area (Å²) in [6.07, 6.45) is 2.76. The van der Waals surface area contributed by atoms with E-state index >= 15 is 0 Å². The Morgan fingerprint density at radius 2 is 1.46 bits per heavy atom. The zero-order valence-electron chi connectivity index (χ0n) is 13.9. The Balaban J connectivity index is 1.75. The lowest BCUT2D eigenvalue weighted by Crippen LogP contribution is -2.04. The van der Waals surface area contributed by atoms with E-state index in [0.717, 1.165) is 35.5 Å². The highest BCUT2D eigenvalue weighted by atomic mass is 16.5. The summed E-state index contributed by atoms with van der Waals surface area (Å²) >= 11 is 0. The van der Waals surface area contributed by atoms with Crippen molar-refractivity contribution in [3.05, 3.63) is 61.2 Å². The molecule has 126 valence electrons. The molecule has 4 heteroatoms. The van der Waals surface area contributed by atoms with Crippen molar-refractivity contribution in [3.8, 4) is 22.6 Å². The molecule has 24 heavy (non-hydrogen) atoms. The molecule has 0 heterocycles. The van der Waals surface area contributed by atoms with Gasteiger partial charge in [-0.1, -0.05) is 30.8 Å². The van der Waals surface area contributed by atoms with Crippen LogP contribution in [0.2, 0.25) is 0 Å². The fourth-order valence-corrected chi connectivity index (χ4v) is 2.15. The van der Waals surface area contributed by atoms with Gasteiger partial charge in [0.2, 0.25) is 0 Å². The molecule has 0 aliphatic rings. The van der Waals surface area contributed by atoms with E-state index in [1.165, 1.54) is 6.08 Å². The Labute approximate surface area is 142 Å². The average Bonchev–Trinajstić information content (AvgIpc) is 2.65. The quantitative estimate of drug-likeness (QED) is 0.392. The molecule has 0 unspecified atom stereocenters. The van der Waals surface area contributed by atoms with Crippen LogP contribution >= 0.6 is 0 Å². The first-order valence-electron chi connectivity index (χ1n) is 7.89. The van der Waals surface area contributed by atoms with E-state index in [0.29, 0.717) is 13.2 Å². The molecule has 0 aliphatic carbocycles. The van der Waals surface area contributed by atoms with E-state index in [1.807, 2.05) is 48.5 Å². The molecule has 0 saturated carbocycles. The number of carbonyl (C=O) groups excluding carboxylic acids is 1. The van der Waals surface area contributed by atoms with Crippen LogP contribution in [0, 0.1) is 0 Å². The standard InChI is InChI=1S/C20H22O4/c1-3-20(21)24-15-5-4-14-23-19-12-8-17(9-13-19)16-6-10-18(22-2)11-7-16/h3,6-13H,1,4-5,14-15H2,2H3. The van der Waals surface area contributed by atoms with E-state index in [-0.39, 0.29) is 5.97 Å². The second-order valence-corrected chi connectivity index (χ2v) is 5.18. The third-order valence-corrected chi connectivity index (χ3v) is 3.50. The number of hydrogen-bond donors (Lipinski definition) is 0. The van der Waals surface area contributed by atoms with Gasteiger partial charge in [0.25, 0.3) is 0 Å². The van der Waals surface area contributed by atoms with Crippen LogP contribution in [-0.2, 0) is 9.53 Å². The van der Waals surface area contributed by atoms with Crippen LogP contribution in [0.15, 0.2) is 61.2 Å². The van der Waals surface area contributed by atoms with Gasteiger partial charge in [0, 0.05) is 6.08 Å². The Bertz CT molecular complexity index is 644. The second-order valence-electron chi connectivity index (χ2n) is 5.18. The van der Waals surface area contributed by atoms with Gasteiger partial charge in [-0.3, -0.25) is 0 Å². The van der Waals surface area contributed by atoms with Crippen LogP contribution in [-0.4, -0.2) is 26.3 Å². The predicted octanol–water partition coefficient (Wildman–Crippen LogP) is 4.25. The topological polar surface area (TPSA) is 44.8 Å². The van der Waals surface area contributed by atoms with Crippen molar-refractivity contribution in [2.24, 2.45) is 0 Å². The van der Waals surface area contributed by atoms with Gasteiger partial charge in [-0.15, -0.1) is 0 Å². The molecule has 2 aromatic carbocycles. The van der Waals surface area contributed by atoms with Crippen LogP contribution < -0.4 is 9.47 Å². The molecule has 0 bridgehead atoms. The van der Waals surface area contributed by atoms with Gasteiger partial charge in [0.15, 0.2) is 0 Å². The first-order valence-corrected chi connectivity index (χ1v) is 7.89. The molecular weight excluding hydrogens is 304 g/mol. The fourth-order valence-electron chi connectivity index (χ4n) is 2.15. The van der Waals surface area contributed by atoms with Gasteiger partial charge in [0.05, 0.1) is 20.3 Å². The van der Waals surface area contributed by atoms with Gasteiger partial charge in [-0.05, 0) is 48.2 Å². The van der Waals surface area contributed by atoms with Crippen molar-refractivity contribution in [3.63, 3.8) is 0 Å². The van der Waals surface area contributed by atoms with Crippen LogP contribution in [0.5, 0.6) is 11.5 Å². The molecule has 0 atom stereocenters. The summed E-state index contributed by atoms with van der Waals surface area (Å²) in [5, 5.41) is 0. The number of benzene rings is 2. The third kappa shape index (κ3) is 5.47. The van der Waals surface area contributed by atoms with Crippen molar-refractivity contribution in [1.29, 1.82) is 0 Å². The summed E-state index contributed by atoms with van der Waals surface area (Å²) in [6, 6.07) is 15.9. The predicted molar refractivity (Wildman–Crippen MR) is 94.3 cm³/mol. The van der Waals surface area contributed by atoms with Gasteiger partial charge in [-0.25, -0.2) is 4.79 Å². The summed E-state index contributed by atoms with van der Waals surface area (Å²) in [5.41, 5.74) is 2.26. The molecule has 0 aromatic heterocycles. The van der Waals surface area contributed by atoms with Crippen molar-refractivity contribution in [2.45, 2.75) is 12.8 Å². The van der Waals surface area contributed by atoms with E-state index in [4.69, 9.17) is 14.2 Å². The summed E-state index contributed by atoms with van der Waals surface area (Å²) in [5.74, 6) is 1.29. The summed E-state index contributed by atoms with van der Waals surface area (Å²) in [6.45, 7) is 4.33. The van der Waals surface area contributed by atoms with Gasteiger partial charge in [-0.2, -0.15) is 0 Å². The lowest BCUT2D eigenvalue weighted by molar-refractivity contribution is -0.137.